The molecule has 0 aromatic heterocycles. The number of ketones is 1. The van der Waals surface area contributed by atoms with Crippen LogP contribution in [-0.2, 0) is 23.7 Å². The predicted molar refractivity (Wildman–Crippen MR) is 113 cm³/mol. The number of ether oxygens (including phenoxy) is 4. The molecule has 0 aliphatic heterocycles. The van der Waals surface area contributed by atoms with Crippen molar-refractivity contribution in [3.8, 4) is 0 Å². The van der Waals surface area contributed by atoms with E-state index in [-0.39, 0.29) is 35.7 Å². The Bertz CT molecular complexity index is 594. The van der Waals surface area contributed by atoms with E-state index in [0.29, 0.717) is 30.6 Å². The van der Waals surface area contributed by atoms with Gasteiger partial charge in [-0.15, -0.1) is 0 Å². The second kappa shape index (κ2) is 8.57. The average Bonchev–Trinajstić information content (AvgIpc) is 3.11. The molecule has 0 heterocycles. The van der Waals surface area contributed by atoms with Gasteiger partial charge in [0, 0.05) is 44.7 Å². The van der Waals surface area contributed by atoms with Crippen LogP contribution in [0.4, 0.5) is 0 Å². The highest BCUT2D eigenvalue weighted by Gasteiger charge is 2.68. The normalized spacial score (nSPS) is 47.6. The molecule has 3 aliphatic rings. The summed E-state index contributed by atoms with van der Waals surface area (Å²) in [5, 5.41) is 0. The Balaban J connectivity index is 2.14. The average molecular weight is 411 g/mol. The molecule has 0 amide bonds. The van der Waals surface area contributed by atoms with E-state index in [1.165, 1.54) is 0 Å². The smallest absolute Gasteiger partial charge is 0.146 e. The van der Waals surface area contributed by atoms with Crippen LogP contribution in [0.2, 0.25) is 0 Å². The van der Waals surface area contributed by atoms with Crippen LogP contribution in [0.25, 0.3) is 0 Å². The van der Waals surface area contributed by atoms with Crippen LogP contribution in [0.3, 0.4) is 0 Å². The van der Waals surface area contributed by atoms with Crippen molar-refractivity contribution < 1.29 is 23.7 Å². The largest absolute Gasteiger partial charge is 0.385 e. The number of hydrogen-bond donors (Lipinski definition) is 0. The predicted octanol–water partition coefficient (Wildman–Crippen LogP) is 4.47. The summed E-state index contributed by atoms with van der Waals surface area (Å²) in [7, 11) is 5.23. The van der Waals surface area contributed by atoms with E-state index in [0.717, 1.165) is 32.1 Å². The summed E-state index contributed by atoms with van der Waals surface area (Å²) in [6.45, 7) is 9.97. The zero-order valence-electron chi connectivity index (χ0n) is 19.6. The van der Waals surface area contributed by atoms with Gasteiger partial charge in [-0.25, -0.2) is 0 Å². The second-order valence-corrected chi connectivity index (χ2v) is 10.5. The molecule has 0 unspecified atom stereocenters. The molecule has 0 radical (unpaired) electrons. The molecule has 3 fully saturated rings. The molecule has 0 saturated heterocycles. The minimum Gasteiger partial charge on any atom is -0.385 e. The van der Waals surface area contributed by atoms with E-state index in [9.17, 15) is 4.79 Å². The Morgan fingerprint density at radius 1 is 1.03 bits per heavy atom. The summed E-state index contributed by atoms with van der Waals surface area (Å²) >= 11 is 0. The van der Waals surface area contributed by atoms with Crippen molar-refractivity contribution in [2.24, 2.45) is 34.0 Å². The topological polar surface area (TPSA) is 54.0 Å². The third-order valence-corrected chi connectivity index (χ3v) is 9.39. The Morgan fingerprint density at radius 3 is 2.34 bits per heavy atom. The lowest BCUT2D eigenvalue weighted by Crippen LogP contribution is -2.63. The quantitative estimate of drug-likeness (QED) is 0.580. The first-order valence-electron chi connectivity index (χ1n) is 11.4. The maximum atomic E-state index is 14.0. The van der Waals surface area contributed by atoms with Gasteiger partial charge < -0.3 is 18.9 Å². The molecule has 5 heteroatoms. The zero-order chi connectivity index (χ0) is 21.4. The Labute approximate surface area is 177 Å². The Morgan fingerprint density at radius 2 is 1.72 bits per heavy atom. The molecule has 0 N–H and O–H groups in total. The number of hydrogen-bond acceptors (Lipinski definition) is 5. The van der Waals surface area contributed by atoms with Gasteiger partial charge in [-0.2, -0.15) is 0 Å². The van der Waals surface area contributed by atoms with Crippen LogP contribution >= 0.6 is 0 Å². The molecular weight excluding hydrogens is 368 g/mol. The molecule has 8 atom stereocenters. The van der Waals surface area contributed by atoms with Gasteiger partial charge in [0.15, 0.2) is 0 Å². The molecule has 5 nitrogen and oxygen atoms in total. The van der Waals surface area contributed by atoms with Gasteiger partial charge in [0.05, 0.1) is 12.2 Å². The van der Waals surface area contributed by atoms with Gasteiger partial charge >= 0.3 is 0 Å². The van der Waals surface area contributed by atoms with E-state index in [4.69, 9.17) is 18.9 Å². The van der Waals surface area contributed by atoms with Crippen molar-refractivity contribution in [3.63, 3.8) is 0 Å². The fourth-order valence-electron chi connectivity index (χ4n) is 7.44. The van der Waals surface area contributed by atoms with Crippen molar-refractivity contribution in [2.45, 2.75) is 78.4 Å². The highest BCUT2D eigenvalue weighted by atomic mass is 16.7. The molecule has 3 aliphatic carbocycles. The number of carbonyl (C=O) groups is 1. The van der Waals surface area contributed by atoms with Crippen LogP contribution in [-0.4, -0.2) is 52.7 Å². The highest BCUT2D eigenvalue weighted by Crippen LogP contribution is 2.68. The SMILES string of the molecule is COCC[C@]1(C)C[C@H](OCOC)[C@]2(C)[C@H](C)CC[C@]3(CC[C@@H](OC)[C@@H]32)[C@@H](C)C1=O. The molecule has 0 spiro atoms. The summed E-state index contributed by atoms with van der Waals surface area (Å²) in [4.78, 5) is 14.0. The summed E-state index contributed by atoms with van der Waals surface area (Å²) in [6.07, 6.45) is 5.95. The van der Waals surface area contributed by atoms with E-state index in [1.54, 1.807) is 14.2 Å². The summed E-state index contributed by atoms with van der Waals surface area (Å²) in [6, 6.07) is 0. The molecule has 168 valence electrons. The van der Waals surface area contributed by atoms with Crippen molar-refractivity contribution >= 4 is 5.78 Å². The number of methoxy groups -OCH3 is 3. The fraction of sp³-hybridized carbons (Fsp3) is 0.958. The third kappa shape index (κ3) is 3.50. The lowest BCUT2D eigenvalue weighted by Gasteiger charge is -2.62. The first-order valence-corrected chi connectivity index (χ1v) is 11.4. The van der Waals surface area contributed by atoms with Crippen molar-refractivity contribution in [1.29, 1.82) is 0 Å². The van der Waals surface area contributed by atoms with Gasteiger partial charge in [-0.3, -0.25) is 4.79 Å². The van der Waals surface area contributed by atoms with Crippen LogP contribution in [0.5, 0.6) is 0 Å². The summed E-state index contributed by atoms with van der Waals surface area (Å²) in [5.74, 6) is 1.26. The van der Waals surface area contributed by atoms with Gasteiger partial charge in [0.25, 0.3) is 0 Å². The van der Waals surface area contributed by atoms with Gasteiger partial charge in [0.1, 0.15) is 12.6 Å². The molecule has 0 aromatic rings. The summed E-state index contributed by atoms with van der Waals surface area (Å²) < 4.78 is 23.2. The Hall–Kier alpha value is -0.490. The summed E-state index contributed by atoms with van der Waals surface area (Å²) in [5.41, 5.74) is -0.505. The van der Waals surface area contributed by atoms with E-state index < -0.39 is 5.41 Å². The first-order chi connectivity index (χ1) is 13.7. The minimum absolute atomic E-state index is 0.00243. The molecule has 3 saturated carbocycles. The number of rotatable bonds is 7. The van der Waals surface area contributed by atoms with Crippen molar-refractivity contribution in [1.82, 2.24) is 0 Å². The van der Waals surface area contributed by atoms with Crippen LogP contribution in [0, 0.1) is 34.0 Å². The zero-order valence-corrected chi connectivity index (χ0v) is 19.6. The van der Waals surface area contributed by atoms with E-state index in [2.05, 4.69) is 27.7 Å². The minimum atomic E-state index is -0.449. The van der Waals surface area contributed by atoms with E-state index >= 15 is 0 Å². The number of Topliss-reactive ketones (excluding diaryl/α,β-unsaturated/α-hetero) is 1. The van der Waals surface area contributed by atoms with Gasteiger partial charge in [-0.1, -0.05) is 27.7 Å². The molecule has 29 heavy (non-hydrogen) atoms. The third-order valence-electron chi connectivity index (χ3n) is 9.39. The van der Waals surface area contributed by atoms with Crippen LogP contribution < -0.4 is 0 Å². The molecule has 0 aromatic carbocycles. The fourth-order valence-corrected chi connectivity index (χ4v) is 7.44. The van der Waals surface area contributed by atoms with Crippen molar-refractivity contribution in [2.75, 3.05) is 34.7 Å². The van der Waals surface area contributed by atoms with E-state index in [1.807, 2.05) is 7.11 Å². The molecule has 2 bridgehead atoms. The maximum Gasteiger partial charge on any atom is 0.146 e. The maximum absolute atomic E-state index is 14.0. The Kier molecular flexibility index (Phi) is 6.85. The first kappa shape index (κ1) is 23.2. The molecular formula is C24H42O5. The van der Waals surface area contributed by atoms with Crippen molar-refractivity contribution in [3.05, 3.63) is 0 Å². The monoisotopic (exact) mass is 410 g/mol. The standard InChI is InChI=1S/C24H42O5/c1-16-8-10-24-11-9-18(28-7)20(24)23(16,4)19(29-15-27-6)14-22(3,12-13-26-5)21(25)17(24)2/h16-20H,8-15H2,1-7H3/t16-,17+,18-,19+,20-,22-,23+,24+/m1/s1. The molecule has 3 rings (SSSR count). The van der Waals surface area contributed by atoms with Gasteiger partial charge in [-0.05, 0) is 55.8 Å². The second-order valence-electron chi connectivity index (χ2n) is 10.5. The highest BCUT2D eigenvalue weighted by molar-refractivity contribution is 5.87. The van der Waals surface area contributed by atoms with Crippen LogP contribution in [0.15, 0.2) is 0 Å². The lowest BCUT2D eigenvalue weighted by molar-refractivity contribution is -0.220. The lowest BCUT2D eigenvalue weighted by atomic mass is 9.44. The number of carbonyl (C=O) groups excluding carboxylic acids is 1. The van der Waals surface area contributed by atoms with Crippen LogP contribution in [0.1, 0.15) is 66.2 Å². The van der Waals surface area contributed by atoms with Gasteiger partial charge in [0.2, 0.25) is 0 Å².